The number of nitrogens with zero attached hydrogens (tertiary/aromatic N) is 3. The number of hydrogen-bond acceptors (Lipinski definition) is 5. The van der Waals surface area contributed by atoms with Gasteiger partial charge in [0.25, 0.3) is 0 Å². The number of aliphatic hydroxyl groups excluding tert-OH is 1. The molecule has 1 aromatic carbocycles. The molecule has 118 valence electrons. The maximum Gasteiger partial charge on any atom is 0.333 e. The number of rotatable bonds is 7. The molecule has 0 radical (unpaired) electrons. The predicted molar refractivity (Wildman–Crippen MR) is 84.0 cm³/mol. The van der Waals surface area contributed by atoms with E-state index >= 15 is 0 Å². The summed E-state index contributed by atoms with van der Waals surface area (Å²) in [6.07, 6.45) is 0.585. The average molecular weight is 304 g/mol. The smallest absolute Gasteiger partial charge is 0.333 e. The Hall–Kier alpha value is -2.41. The van der Waals surface area contributed by atoms with Crippen molar-refractivity contribution in [1.29, 1.82) is 0 Å². The molecule has 0 aliphatic carbocycles. The lowest BCUT2D eigenvalue weighted by Crippen LogP contribution is -2.16. The Morgan fingerprint density at radius 2 is 2.09 bits per heavy atom. The third-order valence-corrected chi connectivity index (χ3v) is 3.64. The topological polar surface area (TPSA) is 93.2 Å². The van der Waals surface area contributed by atoms with Crippen LogP contribution in [-0.4, -0.2) is 33.0 Å². The lowest BCUT2D eigenvalue weighted by Gasteiger charge is -2.17. The fraction of sp³-hybridized carbons (Fsp3) is 0.400. The molecular weight excluding hydrogens is 284 g/mol. The number of anilines is 1. The van der Waals surface area contributed by atoms with Crippen LogP contribution in [0.5, 0.6) is 0 Å². The molecule has 7 heteroatoms. The summed E-state index contributed by atoms with van der Waals surface area (Å²) in [5, 5.41) is 27.6. The van der Waals surface area contributed by atoms with Crippen molar-refractivity contribution in [3.05, 3.63) is 51.7 Å². The van der Waals surface area contributed by atoms with Crippen LogP contribution in [0.1, 0.15) is 23.6 Å². The molecule has 0 amide bonds. The quantitative estimate of drug-likeness (QED) is 0.604. The highest BCUT2D eigenvalue weighted by molar-refractivity contribution is 5.59. The largest absolute Gasteiger partial charge is 0.396 e. The van der Waals surface area contributed by atoms with Gasteiger partial charge in [-0.1, -0.05) is 30.3 Å². The van der Waals surface area contributed by atoms with Gasteiger partial charge in [-0.2, -0.15) is 5.10 Å². The second-order valence-electron chi connectivity index (χ2n) is 5.16. The van der Waals surface area contributed by atoms with E-state index in [4.69, 9.17) is 0 Å². The summed E-state index contributed by atoms with van der Waals surface area (Å²) in [4.78, 5) is 10.7. The molecule has 0 spiro atoms. The van der Waals surface area contributed by atoms with E-state index in [-0.39, 0.29) is 18.2 Å². The summed E-state index contributed by atoms with van der Waals surface area (Å²) in [7, 11) is 1.67. The van der Waals surface area contributed by atoms with Crippen LogP contribution in [0.25, 0.3) is 0 Å². The van der Waals surface area contributed by atoms with Gasteiger partial charge in [0.05, 0.1) is 4.92 Å². The van der Waals surface area contributed by atoms with Crippen molar-refractivity contribution < 1.29 is 10.0 Å². The predicted octanol–water partition coefficient (Wildman–Crippen LogP) is 2.21. The highest BCUT2D eigenvalue weighted by Gasteiger charge is 2.24. The second kappa shape index (κ2) is 7.04. The van der Waals surface area contributed by atoms with Crippen LogP contribution in [0.4, 0.5) is 11.5 Å². The van der Waals surface area contributed by atoms with Crippen LogP contribution in [0.15, 0.2) is 30.3 Å². The van der Waals surface area contributed by atoms with Crippen LogP contribution in [0.3, 0.4) is 0 Å². The molecule has 0 fully saturated rings. The van der Waals surface area contributed by atoms with E-state index in [9.17, 15) is 15.2 Å². The lowest BCUT2D eigenvalue weighted by molar-refractivity contribution is -0.384. The minimum atomic E-state index is -0.422. The Morgan fingerprint density at radius 3 is 2.68 bits per heavy atom. The SMILES string of the molecule is Cc1nn(C)c(NCC(CCO)c2ccccc2)c1[N+](=O)[O-]. The summed E-state index contributed by atoms with van der Waals surface area (Å²) in [6, 6.07) is 9.80. The van der Waals surface area contributed by atoms with Gasteiger partial charge in [0.2, 0.25) is 5.82 Å². The lowest BCUT2D eigenvalue weighted by atomic mass is 9.96. The van der Waals surface area contributed by atoms with Crippen molar-refractivity contribution in [3.8, 4) is 0 Å². The molecule has 7 nitrogen and oxygen atoms in total. The van der Waals surface area contributed by atoms with Gasteiger partial charge in [0.15, 0.2) is 0 Å². The van der Waals surface area contributed by atoms with Crippen molar-refractivity contribution >= 4 is 11.5 Å². The van der Waals surface area contributed by atoms with E-state index in [2.05, 4.69) is 10.4 Å². The van der Waals surface area contributed by atoms with E-state index in [1.165, 1.54) is 4.68 Å². The number of aliphatic hydroxyl groups is 1. The van der Waals surface area contributed by atoms with Gasteiger partial charge in [-0.3, -0.25) is 10.1 Å². The Bertz CT molecular complexity index is 640. The second-order valence-corrected chi connectivity index (χ2v) is 5.16. The Balaban J connectivity index is 2.18. The summed E-state index contributed by atoms with van der Waals surface area (Å²) in [6.45, 7) is 2.17. The summed E-state index contributed by atoms with van der Waals surface area (Å²) >= 11 is 0. The van der Waals surface area contributed by atoms with Crippen molar-refractivity contribution in [2.75, 3.05) is 18.5 Å². The van der Waals surface area contributed by atoms with Crippen LogP contribution < -0.4 is 5.32 Å². The van der Waals surface area contributed by atoms with Crippen molar-refractivity contribution in [1.82, 2.24) is 9.78 Å². The first-order chi connectivity index (χ1) is 10.5. The van der Waals surface area contributed by atoms with Gasteiger partial charge >= 0.3 is 5.69 Å². The molecule has 2 N–H and O–H groups in total. The van der Waals surface area contributed by atoms with E-state index in [0.29, 0.717) is 24.5 Å². The van der Waals surface area contributed by atoms with E-state index in [0.717, 1.165) is 5.56 Å². The maximum absolute atomic E-state index is 11.2. The zero-order valence-corrected chi connectivity index (χ0v) is 12.7. The average Bonchev–Trinajstić information content (AvgIpc) is 2.78. The number of nitro groups is 1. The molecule has 1 aromatic heterocycles. The summed E-state index contributed by atoms with van der Waals surface area (Å²) < 4.78 is 1.48. The molecule has 22 heavy (non-hydrogen) atoms. The molecule has 1 unspecified atom stereocenters. The minimum Gasteiger partial charge on any atom is -0.396 e. The molecule has 2 rings (SSSR count). The normalized spacial score (nSPS) is 12.1. The van der Waals surface area contributed by atoms with Crippen molar-refractivity contribution in [3.63, 3.8) is 0 Å². The zero-order valence-electron chi connectivity index (χ0n) is 12.7. The zero-order chi connectivity index (χ0) is 16.1. The van der Waals surface area contributed by atoms with Crippen LogP contribution in [0.2, 0.25) is 0 Å². The first kappa shape index (κ1) is 16.0. The highest BCUT2D eigenvalue weighted by atomic mass is 16.6. The standard InChI is InChI=1S/C15H20N4O3/c1-11-14(19(21)22)15(18(2)17-11)16-10-13(8-9-20)12-6-4-3-5-7-12/h3-7,13,16,20H,8-10H2,1-2H3. The number of nitrogens with one attached hydrogen (secondary N) is 1. The summed E-state index contributed by atoms with van der Waals surface area (Å²) in [5.74, 6) is 0.461. The van der Waals surface area contributed by atoms with Crippen molar-refractivity contribution in [2.45, 2.75) is 19.3 Å². The van der Waals surface area contributed by atoms with Crippen LogP contribution in [0, 0.1) is 17.0 Å². The molecule has 0 bridgehead atoms. The van der Waals surface area contributed by atoms with E-state index < -0.39 is 4.92 Å². The third-order valence-electron chi connectivity index (χ3n) is 3.64. The number of aryl methyl sites for hydroxylation is 2. The molecule has 0 saturated carbocycles. The molecule has 1 heterocycles. The Kier molecular flexibility index (Phi) is 5.11. The summed E-state index contributed by atoms with van der Waals surface area (Å²) in [5.41, 5.74) is 1.47. The monoisotopic (exact) mass is 304 g/mol. The molecule has 0 aliphatic heterocycles. The van der Waals surface area contributed by atoms with Gasteiger partial charge in [0, 0.05) is 26.1 Å². The van der Waals surface area contributed by atoms with Gasteiger partial charge in [-0.05, 0) is 18.9 Å². The van der Waals surface area contributed by atoms with Gasteiger partial charge < -0.3 is 10.4 Å². The maximum atomic E-state index is 11.2. The molecule has 1 atom stereocenters. The number of benzene rings is 1. The highest BCUT2D eigenvalue weighted by Crippen LogP contribution is 2.28. The third kappa shape index (κ3) is 3.43. The minimum absolute atomic E-state index is 0.00156. The van der Waals surface area contributed by atoms with Gasteiger partial charge in [-0.25, -0.2) is 4.68 Å². The molecule has 0 saturated heterocycles. The van der Waals surface area contributed by atoms with E-state index in [1.54, 1.807) is 14.0 Å². The van der Waals surface area contributed by atoms with Crippen LogP contribution >= 0.6 is 0 Å². The van der Waals surface area contributed by atoms with Crippen LogP contribution in [-0.2, 0) is 7.05 Å². The fourth-order valence-corrected chi connectivity index (χ4v) is 2.55. The fourth-order valence-electron chi connectivity index (χ4n) is 2.55. The van der Waals surface area contributed by atoms with Gasteiger partial charge in [0.1, 0.15) is 5.69 Å². The number of hydrogen-bond donors (Lipinski definition) is 2. The molecule has 0 aliphatic rings. The first-order valence-electron chi connectivity index (χ1n) is 7.12. The molecular formula is C15H20N4O3. The first-order valence-corrected chi connectivity index (χ1v) is 7.12. The molecule has 2 aromatic rings. The Labute approximate surface area is 128 Å². The van der Waals surface area contributed by atoms with E-state index in [1.807, 2.05) is 30.3 Å². The van der Waals surface area contributed by atoms with Gasteiger partial charge in [-0.15, -0.1) is 0 Å². The van der Waals surface area contributed by atoms with Crippen molar-refractivity contribution in [2.24, 2.45) is 7.05 Å². The Morgan fingerprint density at radius 1 is 1.41 bits per heavy atom. The number of aromatic nitrogens is 2.